The Morgan fingerprint density at radius 2 is 2.30 bits per heavy atom. The Kier molecular flexibility index (Phi) is 3.43. The van der Waals surface area contributed by atoms with Crippen molar-refractivity contribution in [3.8, 4) is 0 Å². The summed E-state index contributed by atoms with van der Waals surface area (Å²) in [6.07, 6.45) is 0. The van der Waals surface area contributed by atoms with E-state index in [-0.39, 0.29) is 17.5 Å². The molecule has 1 aliphatic heterocycles. The normalized spacial score (nSPS) is 23.1. The van der Waals surface area contributed by atoms with Gasteiger partial charge in [0.2, 0.25) is 0 Å². The molecule has 0 aliphatic carbocycles. The molecule has 1 unspecified atom stereocenters. The van der Waals surface area contributed by atoms with Crippen molar-refractivity contribution in [2.45, 2.75) is 19.5 Å². The van der Waals surface area contributed by atoms with E-state index in [1.165, 1.54) is 16.9 Å². The molecule has 0 saturated carbocycles. The maximum Gasteiger partial charge on any atom is 0.181 e. The van der Waals surface area contributed by atoms with E-state index in [0.717, 1.165) is 16.8 Å². The van der Waals surface area contributed by atoms with Crippen LogP contribution in [0.25, 0.3) is 10.2 Å². The van der Waals surface area contributed by atoms with E-state index in [2.05, 4.69) is 16.0 Å². The second-order valence-corrected chi connectivity index (χ2v) is 8.58. The number of nitrogen functional groups attached to an aromatic ring is 1. The van der Waals surface area contributed by atoms with Gasteiger partial charge in [-0.05, 0) is 24.6 Å². The lowest BCUT2D eigenvalue weighted by atomic mass is 10.2. The van der Waals surface area contributed by atoms with Crippen LogP contribution in [-0.2, 0) is 16.4 Å². The Bertz CT molecular complexity index is 739. The number of anilines is 1. The van der Waals surface area contributed by atoms with Gasteiger partial charge in [0.25, 0.3) is 0 Å². The van der Waals surface area contributed by atoms with Gasteiger partial charge in [0, 0.05) is 19.1 Å². The molecule has 2 N–H and O–H groups in total. The number of benzene rings is 1. The highest BCUT2D eigenvalue weighted by Crippen LogP contribution is 2.25. The van der Waals surface area contributed by atoms with Crippen molar-refractivity contribution < 1.29 is 8.42 Å². The summed E-state index contributed by atoms with van der Waals surface area (Å²) in [5.41, 5.74) is 7.80. The van der Waals surface area contributed by atoms with Crippen LogP contribution >= 0.6 is 11.3 Å². The molecule has 108 valence electrons. The topological polar surface area (TPSA) is 76.3 Å². The molecule has 7 heteroatoms. The minimum Gasteiger partial charge on any atom is -0.375 e. The van der Waals surface area contributed by atoms with E-state index in [1.807, 2.05) is 19.1 Å². The van der Waals surface area contributed by atoms with Gasteiger partial charge in [-0.3, -0.25) is 4.90 Å². The Hall–Kier alpha value is -1.18. The van der Waals surface area contributed by atoms with Gasteiger partial charge in [-0.1, -0.05) is 17.4 Å². The number of sulfone groups is 1. The molecule has 20 heavy (non-hydrogen) atoms. The van der Waals surface area contributed by atoms with Crippen LogP contribution in [0.4, 0.5) is 5.13 Å². The molecule has 3 rings (SSSR count). The van der Waals surface area contributed by atoms with Crippen LogP contribution in [0.5, 0.6) is 0 Å². The second kappa shape index (κ2) is 4.98. The van der Waals surface area contributed by atoms with Gasteiger partial charge in [0.05, 0.1) is 21.7 Å². The molecule has 5 nitrogen and oxygen atoms in total. The van der Waals surface area contributed by atoms with Crippen LogP contribution in [-0.4, -0.2) is 42.4 Å². The van der Waals surface area contributed by atoms with E-state index in [4.69, 9.17) is 5.73 Å². The summed E-state index contributed by atoms with van der Waals surface area (Å²) in [5, 5.41) is 0.578. The smallest absolute Gasteiger partial charge is 0.181 e. The number of fused-ring (bicyclic) bond motifs is 1. The molecule has 1 aromatic carbocycles. The first-order valence-corrected chi connectivity index (χ1v) is 9.16. The first-order valence-electron chi connectivity index (χ1n) is 6.52. The van der Waals surface area contributed by atoms with Gasteiger partial charge in [0.15, 0.2) is 15.0 Å². The van der Waals surface area contributed by atoms with Gasteiger partial charge < -0.3 is 5.73 Å². The maximum absolute atomic E-state index is 11.6. The fourth-order valence-electron chi connectivity index (χ4n) is 2.59. The van der Waals surface area contributed by atoms with Gasteiger partial charge >= 0.3 is 0 Å². The minimum absolute atomic E-state index is 0.0657. The Morgan fingerprint density at radius 3 is 3.05 bits per heavy atom. The molecule has 0 amide bonds. The van der Waals surface area contributed by atoms with E-state index < -0.39 is 9.84 Å². The Balaban J connectivity index is 1.79. The quantitative estimate of drug-likeness (QED) is 0.909. The van der Waals surface area contributed by atoms with Crippen molar-refractivity contribution in [1.82, 2.24) is 9.88 Å². The molecule has 1 atom stereocenters. The number of hydrogen-bond acceptors (Lipinski definition) is 6. The number of rotatable bonds is 2. The third-order valence-corrected chi connectivity index (χ3v) is 6.31. The summed E-state index contributed by atoms with van der Waals surface area (Å²) >= 11 is 1.48. The summed E-state index contributed by atoms with van der Waals surface area (Å²) in [5.74, 6) is 0.510. The molecular formula is C13H17N3O2S2. The number of aromatic nitrogens is 1. The van der Waals surface area contributed by atoms with Gasteiger partial charge in [-0.2, -0.15) is 0 Å². The molecule has 1 fully saturated rings. The fraction of sp³-hybridized carbons (Fsp3) is 0.462. The molecule has 2 aromatic rings. The molecule has 1 aromatic heterocycles. The van der Waals surface area contributed by atoms with Gasteiger partial charge in [-0.15, -0.1) is 0 Å². The van der Waals surface area contributed by atoms with E-state index in [0.29, 0.717) is 11.7 Å². The Morgan fingerprint density at radius 1 is 1.50 bits per heavy atom. The first-order chi connectivity index (χ1) is 9.43. The highest BCUT2D eigenvalue weighted by Gasteiger charge is 2.27. The summed E-state index contributed by atoms with van der Waals surface area (Å²) in [6, 6.07) is 6.18. The largest absolute Gasteiger partial charge is 0.375 e. The molecule has 0 spiro atoms. The zero-order chi connectivity index (χ0) is 14.3. The molecule has 2 heterocycles. The second-order valence-electron chi connectivity index (χ2n) is 5.29. The van der Waals surface area contributed by atoms with Gasteiger partial charge in [0.1, 0.15) is 0 Å². The third kappa shape index (κ3) is 2.79. The highest BCUT2D eigenvalue weighted by molar-refractivity contribution is 7.91. The van der Waals surface area contributed by atoms with Crippen molar-refractivity contribution in [1.29, 1.82) is 0 Å². The highest BCUT2D eigenvalue weighted by atomic mass is 32.2. The average molecular weight is 311 g/mol. The van der Waals surface area contributed by atoms with Gasteiger partial charge in [-0.25, -0.2) is 13.4 Å². The average Bonchev–Trinajstić information content (AvgIpc) is 2.71. The number of nitrogens with two attached hydrogens (primary N) is 1. The maximum atomic E-state index is 11.6. The van der Waals surface area contributed by atoms with Crippen molar-refractivity contribution in [2.75, 3.05) is 23.8 Å². The molecule has 1 aliphatic rings. The van der Waals surface area contributed by atoms with Crippen LogP contribution in [0.15, 0.2) is 18.2 Å². The monoisotopic (exact) mass is 311 g/mol. The van der Waals surface area contributed by atoms with Crippen LogP contribution in [0.1, 0.15) is 12.5 Å². The van der Waals surface area contributed by atoms with E-state index in [1.54, 1.807) is 0 Å². The summed E-state index contributed by atoms with van der Waals surface area (Å²) in [4.78, 5) is 6.45. The lowest BCUT2D eigenvalue weighted by molar-refractivity contribution is 0.218. The summed E-state index contributed by atoms with van der Waals surface area (Å²) in [7, 11) is -2.85. The van der Waals surface area contributed by atoms with Crippen LogP contribution in [0.2, 0.25) is 0 Å². The van der Waals surface area contributed by atoms with Crippen molar-refractivity contribution in [2.24, 2.45) is 0 Å². The van der Waals surface area contributed by atoms with Crippen molar-refractivity contribution >= 4 is 36.5 Å². The predicted molar refractivity (Wildman–Crippen MR) is 82.6 cm³/mol. The van der Waals surface area contributed by atoms with Crippen LogP contribution in [0, 0.1) is 0 Å². The number of nitrogens with zero attached hydrogens (tertiary/aromatic N) is 2. The minimum atomic E-state index is -2.85. The number of thiazole rings is 1. The predicted octanol–water partition coefficient (Wildman–Crippen LogP) is 1.50. The SMILES string of the molecule is CC1CS(=O)(=O)CCN1Cc1ccc2nc(N)sc2c1. The lowest BCUT2D eigenvalue weighted by Gasteiger charge is -2.33. The summed E-state index contributed by atoms with van der Waals surface area (Å²) < 4.78 is 24.3. The van der Waals surface area contributed by atoms with E-state index in [9.17, 15) is 8.42 Å². The first kappa shape index (κ1) is 13.8. The molecular weight excluding hydrogens is 294 g/mol. The molecule has 0 bridgehead atoms. The van der Waals surface area contributed by atoms with Crippen LogP contribution in [0.3, 0.4) is 0 Å². The molecule has 0 radical (unpaired) electrons. The standard InChI is InChI=1S/C13H17N3O2S2/c1-9-8-20(17,18)5-4-16(9)7-10-2-3-11-12(6-10)19-13(14)15-11/h2-3,6,9H,4-5,7-8H2,1H3,(H2,14,15). The number of hydrogen-bond donors (Lipinski definition) is 1. The van der Waals surface area contributed by atoms with Crippen molar-refractivity contribution in [3.63, 3.8) is 0 Å². The Labute approximate surface area is 122 Å². The van der Waals surface area contributed by atoms with Crippen molar-refractivity contribution in [3.05, 3.63) is 23.8 Å². The lowest BCUT2D eigenvalue weighted by Crippen LogP contribution is -2.46. The molecule has 1 saturated heterocycles. The fourth-order valence-corrected chi connectivity index (χ4v) is 5.01. The zero-order valence-corrected chi connectivity index (χ0v) is 12.9. The summed E-state index contributed by atoms with van der Waals surface area (Å²) in [6.45, 7) is 3.34. The van der Waals surface area contributed by atoms with Crippen LogP contribution < -0.4 is 5.73 Å². The van der Waals surface area contributed by atoms with E-state index >= 15 is 0 Å². The zero-order valence-electron chi connectivity index (χ0n) is 11.2. The third-order valence-electron chi connectivity index (χ3n) is 3.66.